The van der Waals surface area contributed by atoms with E-state index in [1.807, 2.05) is 13.0 Å². The summed E-state index contributed by atoms with van der Waals surface area (Å²) >= 11 is 0. The topological polar surface area (TPSA) is 33.4 Å². The third kappa shape index (κ3) is 2.70. The third-order valence-electron chi connectivity index (χ3n) is 1.95. The fraction of sp³-hybridized carbons (Fsp3) is 0.600. The summed E-state index contributed by atoms with van der Waals surface area (Å²) in [5, 5.41) is 9.84. The average Bonchev–Trinajstić information content (AvgIpc) is 2.38. The molecule has 1 unspecified atom stereocenters. The monoisotopic (exact) mass is 168 g/mol. The molecule has 0 aliphatic heterocycles. The van der Waals surface area contributed by atoms with Crippen LogP contribution in [0.2, 0.25) is 0 Å². The maximum absolute atomic E-state index is 9.84. The second-order valence-corrected chi connectivity index (χ2v) is 3.56. The third-order valence-corrected chi connectivity index (χ3v) is 1.95. The molecular formula is C10H16O2. The van der Waals surface area contributed by atoms with Gasteiger partial charge in [0.1, 0.15) is 0 Å². The Labute approximate surface area is 73.2 Å². The molecule has 12 heavy (non-hydrogen) atoms. The number of hydrogen-bond donors (Lipinski definition) is 1. The predicted molar refractivity (Wildman–Crippen MR) is 47.9 cm³/mol. The second-order valence-electron chi connectivity index (χ2n) is 3.56. The average molecular weight is 168 g/mol. The van der Waals surface area contributed by atoms with Crippen LogP contribution in [0.25, 0.3) is 0 Å². The minimum absolute atomic E-state index is 0.585. The molecule has 0 aliphatic carbocycles. The van der Waals surface area contributed by atoms with Crippen LogP contribution in [-0.4, -0.2) is 10.7 Å². The van der Waals surface area contributed by atoms with Crippen molar-refractivity contribution in [2.24, 2.45) is 0 Å². The summed E-state index contributed by atoms with van der Waals surface area (Å²) in [6, 6.07) is 1.89. The quantitative estimate of drug-likeness (QED) is 0.748. The van der Waals surface area contributed by atoms with Crippen LogP contribution in [0.3, 0.4) is 0 Å². The van der Waals surface area contributed by atoms with Crippen molar-refractivity contribution in [1.82, 2.24) is 0 Å². The lowest BCUT2D eigenvalue weighted by molar-refractivity contribution is 0.0504. The Morgan fingerprint density at radius 2 is 2.33 bits per heavy atom. The fourth-order valence-electron chi connectivity index (χ4n) is 1.46. The van der Waals surface area contributed by atoms with E-state index in [-0.39, 0.29) is 0 Å². The summed E-state index contributed by atoms with van der Waals surface area (Å²) in [4.78, 5) is 0. The van der Waals surface area contributed by atoms with Crippen molar-refractivity contribution in [2.75, 3.05) is 0 Å². The standard InChI is InChI=1S/C10H16O2/c1-3-5-10(2,11)7-9-4-6-12-8-9/h4,6,8,11H,3,5,7H2,1-2H3. The molecular weight excluding hydrogens is 152 g/mol. The number of rotatable bonds is 4. The summed E-state index contributed by atoms with van der Waals surface area (Å²) < 4.78 is 4.93. The van der Waals surface area contributed by atoms with E-state index in [1.54, 1.807) is 12.5 Å². The predicted octanol–water partition coefficient (Wildman–Crippen LogP) is 2.37. The van der Waals surface area contributed by atoms with Crippen LogP contribution in [0.1, 0.15) is 32.3 Å². The van der Waals surface area contributed by atoms with E-state index in [0.717, 1.165) is 18.4 Å². The van der Waals surface area contributed by atoms with E-state index in [0.29, 0.717) is 6.42 Å². The van der Waals surface area contributed by atoms with Crippen LogP contribution in [0.15, 0.2) is 23.0 Å². The Morgan fingerprint density at radius 3 is 2.83 bits per heavy atom. The molecule has 2 heteroatoms. The molecule has 0 radical (unpaired) electrons. The van der Waals surface area contributed by atoms with Crippen LogP contribution >= 0.6 is 0 Å². The van der Waals surface area contributed by atoms with Crippen molar-refractivity contribution in [3.63, 3.8) is 0 Å². The Balaban J connectivity index is 2.50. The smallest absolute Gasteiger partial charge is 0.0935 e. The maximum atomic E-state index is 9.84. The van der Waals surface area contributed by atoms with Crippen LogP contribution in [-0.2, 0) is 6.42 Å². The van der Waals surface area contributed by atoms with Gasteiger partial charge in [-0.25, -0.2) is 0 Å². The minimum Gasteiger partial charge on any atom is -0.472 e. The van der Waals surface area contributed by atoms with E-state index in [2.05, 4.69) is 6.92 Å². The molecule has 0 bridgehead atoms. The zero-order chi connectivity index (χ0) is 9.03. The molecule has 1 aromatic heterocycles. The molecule has 1 N–H and O–H groups in total. The van der Waals surface area contributed by atoms with Crippen LogP contribution in [0, 0.1) is 0 Å². The van der Waals surface area contributed by atoms with Crippen molar-refractivity contribution in [3.05, 3.63) is 24.2 Å². The first kappa shape index (κ1) is 9.33. The van der Waals surface area contributed by atoms with Crippen LogP contribution in [0.5, 0.6) is 0 Å². The highest BCUT2D eigenvalue weighted by Gasteiger charge is 2.19. The van der Waals surface area contributed by atoms with Gasteiger partial charge in [0.15, 0.2) is 0 Å². The van der Waals surface area contributed by atoms with Gasteiger partial charge in [-0.15, -0.1) is 0 Å². The van der Waals surface area contributed by atoms with Gasteiger partial charge in [0.05, 0.1) is 18.1 Å². The molecule has 1 heterocycles. The summed E-state index contributed by atoms with van der Waals surface area (Å²) in [6.45, 7) is 3.94. The van der Waals surface area contributed by atoms with E-state index in [4.69, 9.17) is 4.42 Å². The zero-order valence-electron chi connectivity index (χ0n) is 7.71. The van der Waals surface area contributed by atoms with Gasteiger partial charge in [-0.2, -0.15) is 0 Å². The molecule has 1 atom stereocenters. The largest absolute Gasteiger partial charge is 0.472 e. The molecule has 0 aromatic carbocycles. The van der Waals surface area contributed by atoms with Crippen molar-refractivity contribution in [1.29, 1.82) is 0 Å². The minimum atomic E-state index is -0.585. The molecule has 0 spiro atoms. The molecule has 0 aliphatic rings. The Kier molecular flexibility index (Phi) is 2.93. The Bertz CT molecular complexity index is 212. The molecule has 1 rings (SSSR count). The molecule has 0 saturated heterocycles. The molecule has 68 valence electrons. The molecule has 1 aromatic rings. The van der Waals surface area contributed by atoms with Gasteiger partial charge >= 0.3 is 0 Å². The lowest BCUT2D eigenvalue weighted by atomic mass is 9.93. The normalized spacial score (nSPS) is 15.9. The van der Waals surface area contributed by atoms with Crippen molar-refractivity contribution in [3.8, 4) is 0 Å². The first-order chi connectivity index (χ1) is 5.64. The number of furan rings is 1. The van der Waals surface area contributed by atoms with Gasteiger partial charge in [-0.1, -0.05) is 13.3 Å². The first-order valence-corrected chi connectivity index (χ1v) is 4.37. The van der Waals surface area contributed by atoms with Crippen molar-refractivity contribution in [2.45, 2.75) is 38.7 Å². The molecule has 0 fully saturated rings. The van der Waals surface area contributed by atoms with Gasteiger partial charge < -0.3 is 9.52 Å². The Hall–Kier alpha value is -0.760. The number of aliphatic hydroxyl groups is 1. The first-order valence-electron chi connectivity index (χ1n) is 4.37. The SMILES string of the molecule is CCCC(C)(O)Cc1ccoc1. The highest BCUT2D eigenvalue weighted by molar-refractivity contribution is 5.08. The summed E-state index contributed by atoms with van der Waals surface area (Å²) in [5.74, 6) is 0. The van der Waals surface area contributed by atoms with Crippen LogP contribution in [0.4, 0.5) is 0 Å². The molecule has 2 nitrogen and oxygen atoms in total. The fourth-order valence-corrected chi connectivity index (χ4v) is 1.46. The lowest BCUT2D eigenvalue weighted by Gasteiger charge is -2.21. The summed E-state index contributed by atoms with van der Waals surface area (Å²) in [7, 11) is 0. The zero-order valence-corrected chi connectivity index (χ0v) is 7.71. The van der Waals surface area contributed by atoms with E-state index in [9.17, 15) is 5.11 Å². The van der Waals surface area contributed by atoms with E-state index < -0.39 is 5.60 Å². The van der Waals surface area contributed by atoms with Gasteiger partial charge in [-0.05, 0) is 25.0 Å². The number of hydrogen-bond acceptors (Lipinski definition) is 2. The van der Waals surface area contributed by atoms with E-state index in [1.165, 1.54) is 0 Å². The van der Waals surface area contributed by atoms with Gasteiger partial charge in [-0.3, -0.25) is 0 Å². The highest BCUT2D eigenvalue weighted by Crippen LogP contribution is 2.18. The lowest BCUT2D eigenvalue weighted by Crippen LogP contribution is -2.26. The van der Waals surface area contributed by atoms with E-state index >= 15 is 0 Å². The highest BCUT2D eigenvalue weighted by atomic mass is 16.3. The van der Waals surface area contributed by atoms with Gasteiger partial charge in [0.25, 0.3) is 0 Å². The van der Waals surface area contributed by atoms with Gasteiger partial charge in [0, 0.05) is 6.42 Å². The van der Waals surface area contributed by atoms with Crippen molar-refractivity contribution >= 4 is 0 Å². The second kappa shape index (κ2) is 3.76. The van der Waals surface area contributed by atoms with Crippen LogP contribution < -0.4 is 0 Å². The maximum Gasteiger partial charge on any atom is 0.0935 e. The summed E-state index contributed by atoms with van der Waals surface area (Å²) in [6.07, 6.45) is 5.84. The Morgan fingerprint density at radius 1 is 1.58 bits per heavy atom. The van der Waals surface area contributed by atoms with Gasteiger partial charge in [0.2, 0.25) is 0 Å². The van der Waals surface area contributed by atoms with Crippen molar-refractivity contribution < 1.29 is 9.52 Å². The summed E-state index contributed by atoms with van der Waals surface area (Å²) in [5.41, 5.74) is 0.479. The molecule has 0 saturated carbocycles. The molecule has 0 amide bonds.